The molecule has 0 fully saturated rings. The Hall–Kier alpha value is -3.48. The first kappa shape index (κ1) is 21.7. The second-order valence-corrected chi connectivity index (χ2v) is 7.74. The van der Waals surface area contributed by atoms with E-state index in [2.05, 4.69) is 4.98 Å². The Morgan fingerprint density at radius 2 is 1.81 bits per heavy atom. The zero-order valence-electron chi connectivity index (χ0n) is 18.9. The summed E-state index contributed by atoms with van der Waals surface area (Å²) in [6.45, 7) is 4.84. The fourth-order valence-electron chi connectivity index (χ4n) is 4.41. The molecule has 0 aliphatic carbocycles. The van der Waals surface area contributed by atoms with E-state index in [1.165, 1.54) is 0 Å². The summed E-state index contributed by atoms with van der Waals surface area (Å²) >= 11 is 0. The molecule has 7 heteroatoms. The highest BCUT2D eigenvalue weighted by molar-refractivity contribution is 5.82. The van der Waals surface area contributed by atoms with Gasteiger partial charge in [0.15, 0.2) is 11.5 Å². The van der Waals surface area contributed by atoms with Gasteiger partial charge in [-0.2, -0.15) is 0 Å². The molecule has 0 spiro atoms. The molecule has 3 aromatic rings. The number of pyridine rings is 1. The maximum atomic E-state index is 13.2. The number of aromatic amines is 1. The molecular weight excluding hydrogens is 408 g/mol. The maximum Gasteiger partial charge on any atom is 0.254 e. The number of carbonyl (C=O) groups is 1. The number of carbonyl (C=O) groups excluding carboxylic acids is 1. The third-order valence-electron chi connectivity index (χ3n) is 5.95. The fourth-order valence-corrected chi connectivity index (χ4v) is 4.41. The van der Waals surface area contributed by atoms with Crippen molar-refractivity contribution in [1.29, 1.82) is 0 Å². The quantitative estimate of drug-likeness (QED) is 0.635. The Balaban J connectivity index is 1.94. The Labute approximate surface area is 186 Å². The number of amides is 1. The number of rotatable bonds is 6. The fraction of sp³-hybridized carbons (Fsp3) is 0.360. The molecule has 168 valence electrons. The van der Waals surface area contributed by atoms with Crippen molar-refractivity contribution in [3.05, 3.63) is 63.4 Å². The van der Waals surface area contributed by atoms with Gasteiger partial charge in [-0.05, 0) is 60.9 Å². The van der Waals surface area contributed by atoms with Gasteiger partial charge in [0.05, 0.1) is 26.9 Å². The highest BCUT2D eigenvalue weighted by Crippen LogP contribution is 2.41. The molecule has 1 atom stereocenters. The molecule has 2 aromatic carbocycles. The van der Waals surface area contributed by atoms with Gasteiger partial charge < -0.3 is 24.1 Å². The van der Waals surface area contributed by atoms with Gasteiger partial charge in [-0.1, -0.05) is 6.92 Å². The Bertz CT molecular complexity index is 1220. The summed E-state index contributed by atoms with van der Waals surface area (Å²) in [5.41, 5.74) is 2.93. The highest BCUT2D eigenvalue weighted by atomic mass is 16.5. The summed E-state index contributed by atoms with van der Waals surface area (Å²) in [6, 6.07) is 10.7. The van der Waals surface area contributed by atoms with Crippen LogP contribution in [0.4, 0.5) is 0 Å². The van der Waals surface area contributed by atoms with Crippen LogP contribution in [0.25, 0.3) is 10.9 Å². The molecule has 7 nitrogen and oxygen atoms in total. The lowest BCUT2D eigenvalue weighted by atomic mass is 9.87. The van der Waals surface area contributed by atoms with E-state index in [-0.39, 0.29) is 11.5 Å². The third-order valence-corrected chi connectivity index (χ3v) is 5.95. The average Bonchev–Trinajstić information content (AvgIpc) is 2.81. The molecule has 0 saturated heterocycles. The van der Waals surface area contributed by atoms with Crippen LogP contribution in [0.1, 0.15) is 43.0 Å². The maximum absolute atomic E-state index is 13.2. The van der Waals surface area contributed by atoms with Crippen LogP contribution in [0.15, 0.2) is 41.2 Å². The van der Waals surface area contributed by atoms with E-state index < -0.39 is 6.04 Å². The molecule has 1 aliphatic heterocycles. The van der Waals surface area contributed by atoms with Crippen molar-refractivity contribution in [3.63, 3.8) is 0 Å². The van der Waals surface area contributed by atoms with Gasteiger partial charge in [0, 0.05) is 29.4 Å². The smallest absolute Gasteiger partial charge is 0.254 e. The lowest BCUT2D eigenvalue weighted by Crippen LogP contribution is -2.42. The normalized spacial score (nSPS) is 15.4. The van der Waals surface area contributed by atoms with Crippen molar-refractivity contribution in [3.8, 4) is 17.2 Å². The van der Waals surface area contributed by atoms with E-state index in [0.29, 0.717) is 43.1 Å². The molecule has 1 aromatic heterocycles. The zero-order valence-corrected chi connectivity index (χ0v) is 18.9. The largest absolute Gasteiger partial charge is 0.494 e. The number of hydrogen-bond acceptors (Lipinski definition) is 5. The Kier molecular flexibility index (Phi) is 6.08. The molecule has 0 radical (unpaired) electrons. The molecule has 1 amide bonds. The lowest BCUT2D eigenvalue weighted by molar-refractivity contribution is -0.132. The number of aromatic nitrogens is 1. The van der Waals surface area contributed by atoms with Crippen LogP contribution in [0.2, 0.25) is 0 Å². The standard InChI is InChI=1S/C25H28N2O5/c1-5-23(28)27-10-9-15-13-21(30-3)22(31-4)14-18(15)24(27)19-12-16-11-17(32-6-2)7-8-20(16)26-25(19)29/h7-8,11-14,24H,5-6,9-10H2,1-4H3,(H,26,29). The van der Waals surface area contributed by atoms with E-state index in [0.717, 1.165) is 27.8 Å². The van der Waals surface area contributed by atoms with Crippen LogP contribution in [-0.4, -0.2) is 43.2 Å². The minimum absolute atomic E-state index is 0.00185. The average molecular weight is 437 g/mol. The third kappa shape index (κ3) is 3.79. The van der Waals surface area contributed by atoms with E-state index >= 15 is 0 Å². The first-order valence-electron chi connectivity index (χ1n) is 10.8. The van der Waals surface area contributed by atoms with Crippen molar-refractivity contribution in [2.75, 3.05) is 27.4 Å². The van der Waals surface area contributed by atoms with Gasteiger partial charge >= 0.3 is 0 Å². The summed E-state index contributed by atoms with van der Waals surface area (Å²) in [7, 11) is 3.18. The predicted octanol–water partition coefficient (Wildman–Crippen LogP) is 3.83. The van der Waals surface area contributed by atoms with Crippen molar-refractivity contribution >= 4 is 16.8 Å². The van der Waals surface area contributed by atoms with Crippen LogP contribution in [0.3, 0.4) is 0 Å². The SMILES string of the molecule is CCOc1ccc2[nH]c(=O)c(C3c4cc(OC)c(OC)cc4CCN3C(=O)CC)cc2c1. The monoisotopic (exact) mass is 436 g/mol. The topological polar surface area (TPSA) is 80.9 Å². The first-order chi connectivity index (χ1) is 15.5. The summed E-state index contributed by atoms with van der Waals surface area (Å²) in [6.07, 6.45) is 1.04. The zero-order chi connectivity index (χ0) is 22.8. The predicted molar refractivity (Wildman–Crippen MR) is 123 cm³/mol. The van der Waals surface area contributed by atoms with Crippen molar-refractivity contribution in [2.24, 2.45) is 0 Å². The van der Waals surface area contributed by atoms with Crippen LogP contribution >= 0.6 is 0 Å². The minimum Gasteiger partial charge on any atom is -0.494 e. The lowest BCUT2D eigenvalue weighted by Gasteiger charge is -2.37. The van der Waals surface area contributed by atoms with E-state index in [1.54, 1.807) is 19.1 Å². The number of nitrogens with zero attached hydrogens (tertiary/aromatic N) is 1. The first-order valence-corrected chi connectivity index (χ1v) is 10.8. The Morgan fingerprint density at radius 1 is 1.06 bits per heavy atom. The van der Waals surface area contributed by atoms with Crippen LogP contribution < -0.4 is 19.8 Å². The van der Waals surface area contributed by atoms with Crippen LogP contribution in [0.5, 0.6) is 17.2 Å². The molecule has 2 heterocycles. The van der Waals surface area contributed by atoms with Gasteiger partial charge in [0.1, 0.15) is 5.75 Å². The number of fused-ring (bicyclic) bond motifs is 2. The molecule has 0 saturated carbocycles. The number of methoxy groups -OCH3 is 2. The summed E-state index contributed by atoms with van der Waals surface area (Å²) in [5.74, 6) is 1.93. The van der Waals surface area contributed by atoms with Gasteiger partial charge in [-0.3, -0.25) is 9.59 Å². The van der Waals surface area contributed by atoms with Crippen molar-refractivity contribution in [1.82, 2.24) is 9.88 Å². The molecule has 1 unspecified atom stereocenters. The minimum atomic E-state index is -0.519. The van der Waals surface area contributed by atoms with E-state index in [1.807, 2.05) is 50.2 Å². The summed E-state index contributed by atoms with van der Waals surface area (Å²) < 4.78 is 16.6. The second-order valence-electron chi connectivity index (χ2n) is 7.74. The number of ether oxygens (including phenoxy) is 3. The van der Waals surface area contributed by atoms with E-state index in [4.69, 9.17) is 14.2 Å². The molecule has 1 aliphatic rings. The van der Waals surface area contributed by atoms with Gasteiger partial charge in [-0.15, -0.1) is 0 Å². The molecular formula is C25H28N2O5. The molecule has 4 rings (SSSR count). The number of H-pyrrole nitrogens is 1. The number of hydrogen-bond donors (Lipinski definition) is 1. The van der Waals surface area contributed by atoms with Crippen LogP contribution in [0, 0.1) is 0 Å². The number of nitrogens with one attached hydrogen (secondary N) is 1. The van der Waals surface area contributed by atoms with Crippen LogP contribution in [-0.2, 0) is 11.2 Å². The second kappa shape index (κ2) is 8.94. The van der Waals surface area contributed by atoms with Crippen molar-refractivity contribution in [2.45, 2.75) is 32.7 Å². The number of benzene rings is 2. The van der Waals surface area contributed by atoms with Gasteiger partial charge in [0.2, 0.25) is 5.91 Å². The van der Waals surface area contributed by atoms with Crippen molar-refractivity contribution < 1.29 is 19.0 Å². The molecule has 0 bridgehead atoms. The molecule has 1 N–H and O–H groups in total. The summed E-state index contributed by atoms with van der Waals surface area (Å²) in [4.78, 5) is 30.9. The van der Waals surface area contributed by atoms with E-state index in [9.17, 15) is 9.59 Å². The highest BCUT2D eigenvalue weighted by Gasteiger charge is 2.34. The summed E-state index contributed by atoms with van der Waals surface area (Å²) in [5, 5.41) is 0.849. The molecule has 32 heavy (non-hydrogen) atoms. The van der Waals surface area contributed by atoms with Gasteiger partial charge in [0.25, 0.3) is 5.56 Å². The van der Waals surface area contributed by atoms with Gasteiger partial charge in [-0.25, -0.2) is 0 Å². The Morgan fingerprint density at radius 3 is 2.50 bits per heavy atom.